The van der Waals surface area contributed by atoms with E-state index < -0.39 is 0 Å². The second-order valence-corrected chi connectivity index (χ2v) is 7.35. The molecule has 5 aromatic rings. The summed E-state index contributed by atoms with van der Waals surface area (Å²) in [6.45, 7) is 4.40. The van der Waals surface area contributed by atoms with Crippen LogP contribution in [0.3, 0.4) is 0 Å². The zero-order valence-corrected chi connectivity index (χ0v) is 17.4. The molecule has 4 heterocycles. The van der Waals surface area contributed by atoms with E-state index in [1.54, 1.807) is 38.2 Å². The van der Waals surface area contributed by atoms with Gasteiger partial charge in [-0.25, -0.2) is 14.1 Å². The summed E-state index contributed by atoms with van der Waals surface area (Å²) in [5.74, 6) is 0.289. The summed E-state index contributed by atoms with van der Waals surface area (Å²) in [5.41, 5.74) is 7.91. The number of rotatable bonds is 5. The SMILES string of the molecule is CCn1nc(C)cc1NC(=O)Cn1cnc2c(-n3ccc4cccc(F)c43)nc(N)nc21. The number of benzene rings is 1. The number of fused-ring (bicyclic) bond motifs is 2. The number of carbonyl (C=O) groups is 1. The molecule has 0 aliphatic carbocycles. The Hall–Kier alpha value is -4.28. The summed E-state index contributed by atoms with van der Waals surface area (Å²) in [7, 11) is 0. The molecular formula is C21H20FN9O. The summed E-state index contributed by atoms with van der Waals surface area (Å²) >= 11 is 0. The zero-order valence-electron chi connectivity index (χ0n) is 17.4. The van der Waals surface area contributed by atoms with Gasteiger partial charge in [0.05, 0.1) is 17.5 Å². The van der Waals surface area contributed by atoms with Crippen molar-refractivity contribution in [3.63, 3.8) is 0 Å². The quantitative estimate of drug-likeness (QED) is 0.439. The van der Waals surface area contributed by atoms with Crippen molar-refractivity contribution >= 4 is 39.7 Å². The first kappa shape index (κ1) is 19.7. The van der Waals surface area contributed by atoms with Crippen LogP contribution in [0, 0.1) is 12.7 Å². The van der Waals surface area contributed by atoms with Gasteiger partial charge in [0.25, 0.3) is 0 Å². The molecule has 32 heavy (non-hydrogen) atoms. The number of hydrogen-bond donors (Lipinski definition) is 2. The van der Waals surface area contributed by atoms with Crippen molar-refractivity contribution in [3.8, 4) is 5.82 Å². The van der Waals surface area contributed by atoms with E-state index in [4.69, 9.17) is 5.73 Å². The topological polar surface area (TPSA) is 121 Å². The molecule has 0 bridgehead atoms. The largest absolute Gasteiger partial charge is 0.368 e. The minimum atomic E-state index is -0.389. The highest BCUT2D eigenvalue weighted by atomic mass is 19.1. The lowest BCUT2D eigenvalue weighted by Gasteiger charge is -2.09. The second-order valence-electron chi connectivity index (χ2n) is 7.35. The molecule has 0 fully saturated rings. The standard InChI is InChI=1S/C21H20FN9O/c1-3-31-15(9-12(2)28-31)25-16(32)10-29-11-24-17-19(29)26-21(23)27-20(17)30-8-7-13-5-4-6-14(22)18(13)30/h4-9,11H,3,10H2,1-2H3,(H,25,32)(H2,23,26,27). The minimum absolute atomic E-state index is 0.00692. The molecule has 11 heteroatoms. The van der Waals surface area contributed by atoms with E-state index in [9.17, 15) is 9.18 Å². The first-order chi connectivity index (χ1) is 15.4. The monoisotopic (exact) mass is 433 g/mol. The molecule has 0 radical (unpaired) electrons. The number of amides is 1. The Morgan fingerprint density at radius 3 is 2.91 bits per heavy atom. The van der Waals surface area contributed by atoms with Crippen LogP contribution < -0.4 is 11.1 Å². The number of para-hydroxylation sites is 1. The van der Waals surface area contributed by atoms with Gasteiger partial charge >= 0.3 is 0 Å². The minimum Gasteiger partial charge on any atom is -0.368 e. The van der Waals surface area contributed by atoms with Crippen LogP contribution in [0.4, 0.5) is 16.2 Å². The van der Waals surface area contributed by atoms with Crippen LogP contribution in [0.1, 0.15) is 12.6 Å². The average molecular weight is 433 g/mol. The summed E-state index contributed by atoms with van der Waals surface area (Å²) in [4.78, 5) is 25.6. The third-order valence-corrected chi connectivity index (χ3v) is 5.14. The van der Waals surface area contributed by atoms with Crippen molar-refractivity contribution in [1.82, 2.24) is 33.9 Å². The molecule has 0 aliphatic heterocycles. The highest BCUT2D eigenvalue weighted by Crippen LogP contribution is 2.26. The molecule has 0 aliphatic rings. The lowest BCUT2D eigenvalue weighted by atomic mass is 10.2. The van der Waals surface area contributed by atoms with Gasteiger partial charge in [-0.3, -0.25) is 9.36 Å². The van der Waals surface area contributed by atoms with Crippen LogP contribution in [0.25, 0.3) is 27.9 Å². The van der Waals surface area contributed by atoms with Crippen LogP contribution in [-0.4, -0.2) is 39.8 Å². The van der Waals surface area contributed by atoms with Crippen LogP contribution in [0.2, 0.25) is 0 Å². The number of nitrogen functional groups attached to an aromatic ring is 1. The fraction of sp³-hybridized carbons (Fsp3) is 0.190. The van der Waals surface area contributed by atoms with Crippen molar-refractivity contribution in [1.29, 1.82) is 0 Å². The fourth-order valence-electron chi connectivity index (χ4n) is 3.78. The van der Waals surface area contributed by atoms with E-state index >= 15 is 0 Å². The van der Waals surface area contributed by atoms with E-state index in [1.807, 2.05) is 19.9 Å². The Labute approximate surface area is 181 Å². The number of aromatic nitrogens is 7. The summed E-state index contributed by atoms with van der Waals surface area (Å²) in [6, 6.07) is 8.42. The molecule has 5 rings (SSSR count). The molecule has 1 amide bonds. The van der Waals surface area contributed by atoms with Gasteiger partial charge in [0.1, 0.15) is 18.2 Å². The summed E-state index contributed by atoms with van der Waals surface area (Å²) < 4.78 is 19.4. The highest BCUT2D eigenvalue weighted by Gasteiger charge is 2.18. The van der Waals surface area contributed by atoms with E-state index in [2.05, 4.69) is 25.4 Å². The van der Waals surface area contributed by atoms with E-state index in [0.29, 0.717) is 34.9 Å². The molecular weight excluding hydrogens is 413 g/mol. The Morgan fingerprint density at radius 2 is 2.09 bits per heavy atom. The van der Waals surface area contributed by atoms with Gasteiger partial charge in [-0.1, -0.05) is 12.1 Å². The van der Waals surface area contributed by atoms with E-state index in [-0.39, 0.29) is 24.2 Å². The lowest BCUT2D eigenvalue weighted by molar-refractivity contribution is -0.116. The van der Waals surface area contributed by atoms with Gasteiger partial charge < -0.3 is 15.6 Å². The van der Waals surface area contributed by atoms with Crippen molar-refractivity contribution in [3.05, 3.63) is 54.4 Å². The van der Waals surface area contributed by atoms with Gasteiger partial charge in [0, 0.05) is 24.2 Å². The third kappa shape index (κ3) is 3.23. The maximum atomic E-state index is 14.5. The molecule has 4 aromatic heterocycles. The van der Waals surface area contributed by atoms with Crippen molar-refractivity contribution in [2.24, 2.45) is 0 Å². The number of carbonyl (C=O) groups excluding carboxylic acids is 1. The lowest BCUT2D eigenvalue weighted by Crippen LogP contribution is -2.20. The number of anilines is 2. The molecule has 0 unspecified atom stereocenters. The fourth-order valence-corrected chi connectivity index (χ4v) is 3.78. The number of aryl methyl sites for hydroxylation is 2. The molecule has 1 aromatic carbocycles. The second kappa shape index (κ2) is 7.45. The number of nitrogens with two attached hydrogens (primary N) is 1. The Bertz CT molecular complexity index is 1480. The Morgan fingerprint density at radius 1 is 1.25 bits per heavy atom. The van der Waals surface area contributed by atoms with Gasteiger partial charge in [0.15, 0.2) is 17.0 Å². The number of nitrogens with zero attached hydrogens (tertiary/aromatic N) is 7. The molecule has 162 valence electrons. The van der Waals surface area contributed by atoms with Gasteiger partial charge in [-0.15, -0.1) is 0 Å². The van der Waals surface area contributed by atoms with Crippen LogP contribution in [0.5, 0.6) is 0 Å². The molecule has 10 nitrogen and oxygen atoms in total. The molecule has 0 atom stereocenters. The first-order valence-corrected chi connectivity index (χ1v) is 10.0. The van der Waals surface area contributed by atoms with Gasteiger partial charge in [-0.2, -0.15) is 15.1 Å². The molecule has 0 saturated carbocycles. The summed E-state index contributed by atoms with van der Waals surface area (Å²) in [6.07, 6.45) is 3.20. The predicted octanol–water partition coefficient (Wildman–Crippen LogP) is 2.66. The number of hydrogen-bond acceptors (Lipinski definition) is 6. The number of imidazole rings is 1. The number of nitrogens with one attached hydrogen (secondary N) is 1. The van der Waals surface area contributed by atoms with Crippen molar-refractivity contribution in [2.75, 3.05) is 11.1 Å². The van der Waals surface area contributed by atoms with Crippen molar-refractivity contribution < 1.29 is 9.18 Å². The average Bonchev–Trinajstić information content (AvgIpc) is 3.45. The third-order valence-electron chi connectivity index (χ3n) is 5.14. The Kier molecular flexibility index (Phi) is 4.58. The summed E-state index contributed by atoms with van der Waals surface area (Å²) in [5, 5.41) is 7.90. The normalized spacial score (nSPS) is 11.5. The smallest absolute Gasteiger partial charge is 0.245 e. The highest BCUT2D eigenvalue weighted by molar-refractivity contribution is 5.91. The van der Waals surface area contributed by atoms with Crippen molar-refractivity contribution in [2.45, 2.75) is 26.9 Å². The maximum Gasteiger partial charge on any atom is 0.245 e. The first-order valence-electron chi connectivity index (χ1n) is 10.0. The Balaban J connectivity index is 1.53. The van der Waals surface area contributed by atoms with E-state index in [1.165, 1.54) is 12.4 Å². The van der Waals surface area contributed by atoms with E-state index in [0.717, 1.165) is 11.1 Å². The zero-order chi connectivity index (χ0) is 22.4. The van der Waals surface area contributed by atoms with Gasteiger partial charge in [0.2, 0.25) is 11.9 Å². The van der Waals surface area contributed by atoms with Crippen LogP contribution in [0.15, 0.2) is 42.9 Å². The van der Waals surface area contributed by atoms with Gasteiger partial charge in [-0.05, 0) is 26.0 Å². The molecule has 0 saturated heterocycles. The number of halogens is 1. The van der Waals surface area contributed by atoms with Crippen LogP contribution >= 0.6 is 0 Å². The van der Waals surface area contributed by atoms with Crippen LogP contribution in [-0.2, 0) is 17.9 Å². The molecule has 0 spiro atoms. The molecule has 3 N–H and O–H groups in total. The maximum absolute atomic E-state index is 14.5. The predicted molar refractivity (Wildman–Crippen MR) is 118 cm³/mol.